The molecule has 1 fully saturated rings. The van der Waals surface area contributed by atoms with Crippen LogP contribution in [0.15, 0.2) is 18.3 Å². The Morgan fingerprint density at radius 3 is 3.00 bits per heavy atom. The Balaban J connectivity index is 2.04. The Bertz CT molecular complexity index is 391. The quantitative estimate of drug-likeness (QED) is 0.804. The van der Waals surface area contributed by atoms with Crippen LogP contribution in [0, 0.1) is 5.92 Å². The molecule has 5 heteroatoms. The van der Waals surface area contributed by atoms with Gasteiger partial charge in [0, 0.05) is 38.9 Å². The molecule has 92 valence electrons. The van der Waals surface area contributed by atoms with E-state index in [0.29, 0.717) is 12.1 Å². The number of nitrogens with zero attached hydrogens (tertiary/aromatic N) is 2. The zero-order valence-corrected chi connectivity index (χ0v) is 9.89. The number of pyridine rings is 1. The molecular weight excluding hydrogens is 218 g/mol. The van der Waals surface area contributed by atoms with E-state index >= 15 is 0 Å². The number of anilines is 1. The van der Waals surface area contributed by atoms with Crippen LogP contribution in [0.5, 0.6) is 0 Å². The number of aromatic nitrogens is 1. The largest absolute Gasteiger partial charge is 0.396 e. The van der Waals surface area contributed by atoms with Crippen molar-refractivity contribution in [1.82, 2.24) is 9.88 Å². The van der Waals surface area contributed by atoms with E-state index < -0.39 is 0 Å². The van der Waals surface area contributed by atoms with E-state index in [9.17, 15) is 4.79 Å². The van der Waals surface area contributed by atoms with Gasteiger partial charge in [-0.05, 0) is 18.6 Å². The molecule has 0 radical (unpaired) electrons. The zero-order valence-electron chi connectivity index (χ0n) is 9.89. The second-order valence-electron chi connectivity index (χ2n) is 4.27. The van der Waals surface area contributed by atoms with Gasteiger partial charge in [-0.3, -0.25) is 4.79 Å². The van der Waals surface area contributed by atoms with E-state index in [-0.39, 0.29) is 18.4 Å². The van der Waals surface area contributed by atoms with E-state index in [1.165, 1.54) is 0 Å². The number of rotatable bonds is 3. The first-order valence-electron chi connectivity index (χ1n) is 5.78. The smallest absolute Gasteiger partial charge is 0.255 e. The predicted octanol–water partition coefficient (Wildman–Crippen LogP) is 0.578. The molecule has 17 heavy (non-hydrogen) atoms. The Kier molecular flexibility index (Phi) is 3.58. The lowest BCUT2D eigenvalue weighted by molar-refractivity contribution is 0.0781. The van der Waals surface area contributed by atoms with Crippen molar-refractivity contribution in [1.29, 1.82) is 0 Å². The minimum atomic E-state index is -0.00361. The molecule has 1 atom stereocenters. The zero-order chi connectivity index (χ0) is 12.3. The lowest BCUT2D eigenvalue weighted by Crippen LogP contribution is -2.29. The van der Waals surface area contributed by atoms with Crippen LogP contribution in [-0.2, 0) is 0 Å². The van der Waals surface area contributed by atoms with Crippen LogP contribution in [0.1, 0.15) is 16.8 Å². The van der Waals surface area contributed by atoms with E-state index in [1.54, 1.807) is 30.3 Å². The van der Waals surface area contributed by atoms with Gasteiger partial charge in [-0.15, -0.1) is 0 Å². The molecule has 1 aliphatic rings. The fraction of sp³-hybridized carbons (Fsp3) is 0.500. The van der Waals surface area contributed by atoms with Crippen LogP contribution >= 0.6 is 0 Å². The molecular formula is C12H17N3O2. The van der Waals surface area contributed by atoms with Crippen LogP contribution in [0.25, 0.3) is 0 Å². The highest BCUT2D eigenvalue weighted by atomic mass is 16.3. The molecule has 1 aromatic heterocycles. The molecule has 0 saturated carbocycles. The topological polar surface area (TPSA) is 65.5 Å². The normalized spacial score (nSPS) is 19.4. The van der Waals surface area contributed by atoms with E-state index in [1.807, 2.05) is 0 Å². The summed E-state index contributed by atoms with van der Waals surface area (Å²) >= 11 is 0. The van der Waals surface area contributed by atoms with Gasteiger partial charge < -0.3 is 15.3 Å². The summed E-state index contributed by atoms with van der Waals surface area (Å²) in [5.74, 6) is 0.968. The minimum Gasteiger partial charge on any atom is -0.396 e. The Hall–Kier alpha value is -1.62. The fourth-order valence-electron chi connectivity index (χ4n) is 2.02. The van der Waals surface area contributed by atoms with Gasteiger partial charge >= 0.3 is 0 Å². The van der Waals surface area contributed by atoms with Crippen molar-refractivity contribution in [2.45, 2.75) is 6.42 Å². The maximum atomic E-state index is 12.1. The van der Waals surface area contributed by atoms with E-state index in [4.69, 9.17) is 5.11 Å². The van der Waals surface area contributed by atoms with Gasteiger partial charge in [0.15, 0.2) is 0 Å². The summed E-state index contributed by atoms with van der Waals surface area (Å²) in [5.41, 5.74) is 0.600. The molecule has 0 bridgehead atoms. The van der Waals surface area contributed by atoms with E-state index in [0.717, 1.165) is 18.8 Å². The van der Waals surface area contributed by atoms with Crippen molar-refractivity contribution in [2.24, 2.45) is 5.92 Å². The highest BCUT2D eigenvalue weighted by Gasteiger charge is 2.26. The van der Waals surface area contributed by atoms with Crippen LogP contribution in [0.3, 0.4) is 0 Å². The average molecular weight is 235 g/mol. The average Bonchev–Trinajstić information content (AvgIpc) is 2.87. The minimum absolute atomic E-state index is 0.00361. The van der Waals surface area contributed by atoms with Crippen molar-refractivity contribution in [3.8, 4) is 0 Å². The molecule has 0 aliphatic carbocycles. The van der Waals surface area contributed by atoms with Crippen molar-refractivity contribution in [3.63, 3.8) is 0 Å². The molecule has 5 nitrogen and oxygen atoms in total. The second kappa shape index (κ2) is 5.14. The highest BCUT2D eigenvalue weighted by Crippen LogP contribution is 2.18. The molecule has 0 aromatic carbocycles. The molecule has 2 heterocycles. The first-order chi connectivity index (χ1) is 8.24. The third-order valence-corrected chi connectivity index (χ3v) is 3.10. The number of nitrogens with one attached hydrogen (secondary N) is 1. The van der Waals surface area contributed by atoms with Crippen molar-refractivity contribution in [2.75, 3.05) is 32.1 Å². The van der Waals surface area contributed by atoms with Gasteiger partial charge in [-0.2, -0.15) is 0 Å². The number of carbonyl (C=O) groups excluding carboxylic acids is 1. The fourth-order valence-corrected chi connectivity index (χ4v) is 2.02. The molecule has 1 aliphatic heterocycles. The number of hydrogen-bond donors (Lipinski definition) is 2. The molecule has 1 amide bonds. The SMILES string of the molecule is CNc1ccc(C(=O)N2CCC(CO)C2)cn1. The third kappa shape index (κ3) is 2.55. The number of amides is 1. The Labute approximate surface area is 100 Å². The van der Waals surface area contributed by atoms with Crippen LogP contribution in [0.4, 0.5) is 5.82 Å². The monoisotopic (exact) mass is 235 g/mol. The van der Waals surface area contributed by atoms with Crippen molar-refractivity contribution in [3.05, 3.63) is 23.9 Å². The number of aliphatic hydroxyl groups is 1. The van der Waals surface area contributed by atoms with Crippen molar-refractivity contribution < 1.29 is 9.90 Å². The summed E-state index contributed by atoms with van der Waals surface area (Å²) in [6, 6.07) is 3.56. The molecule has 1 saturated heterocycles. The number of likely N-dealkylation sites (tertiary alicyclic amines) is 1. The second-order valence-corrected chi connectivity index (χ2v) is 4.27. The van der Waals surface area contributed by atoms with Crippen LogP contribution in [-0.4, -0.2) is 47.6 Å². The molecule has 1 unspecified atom stereocenters. The molecule has 2 rings (SSSR count). The third-order valence-electron chi connectivity index (χ3n) is 3.10. The van der Waals surface area contributed by atoms with Crippen LogP contribution in [0.2, 0.25) is 0 Å². The molecule has 0 spiro atoms. The van der Waals surface area contributed by atoms with Gasteiger partial charge in [-0.25, -0.2) is 4.98 Å². The van der Waals surface area contributed by atoms with Gasteiger partial charge in [0.05, 0.1) is 5.56 Å². The molecule has 1 aromatic rings. The predicted molar refractivity (Wildman–Crippen MR) is 64.9 cm³/mol. The van der Waals surface area contributed by atoms with E-state index in [2.05, 4.69) is 10.3 Å². The molecule has 2 N–H and O–H groups in total. The standard InChI is InChI=1S/C12H17N3O2/c1-13-11-3-2-10(6-14-11)12(17)15-5-4-9(7-15)8-16/h2-3,6,9,16H,4-5,7-8H2,1H3,(H,13,14). The first kappa shape index (κ1) is 11.9. The summed E-state index contributed by atoms with van der Waals surface area (Å²) in [5, 5.41) is 12.0. The summed E-state index contributed by atoms with van der Waals surface area (Å²) in [6.45, 7) is 1.52. The van der Waals surface area contributed by atoms with Gasteiger partial charge in [-0.1, -0.05) is 0 Å². The summed E-state index contributed by atoms with van der Waals surface area (Å²) in [7, 11) is 1.79. The van der Waals surface area contributed by atoms with Gasteiger partial charge in [0.1, 0.15) is 5.82 Å². The van der Waals surface area contributed by atoms with Crippen molar-refractivity contribution >= 4 is 11.7 Å². The number of aliphatic hydroxyl groups excluding tert-OH is 1. The lowest BCUT2D eigenvalue weighted by atomic mass is 10.1. The van der Waals surface area contributed by atoms with Crippen LogP contribution < -0.4 is 5.32 Å². The maximum Gasteiger partial charge on any atom is 0.255 e. The highest BCUT2D eigenvalue weighted by molar-refractivity contribution is 5.94. The first-order valence-corrected chi connectivity index (χ1v) is 5.78. The summed E-state index contributed by atoms with van der Waals surface area (Å²) in [6.07, 6.45) is 2.46. The number of carbonyl (C=O) groups is 1. The van der Waals surface area contributed by atoms with Gasteiger partial charge in [0.25, 0.3) is 5.91 Å². The summed E-state index contributed by atoms with van der Waals surface area (Å²) < 4.78 is 0. The Morgan fingerprint density at radius 1 is 1.65 bits per heavy atom. The summed E-state index contributed by atoms with van der Waals surface area (Å²) in [4.78, 5) is 18.0. The number of hydrogen-bond acceptors (Lipinski definition) is 4. The lowest BCUT2D eigenvalue weighted by Gasteiger charge is -2.16. The Morgan fingerprint density at radius 2 is 2.47 bits per heavy atom. The van der Waals surface area contributed by atoms with Gasteiger partial charge in [0.2, 0.25) is 0 Å². The maximum absolute atomic E-state index is 12.1.